The molecule has 1 amide bonds. The van der Waals surface area contributed by atoms with Crippen molar-refractivity contribution in [2.24, 2.45) is 5.92 Å². The van der Waals surface area contributed by atoms with Gasteiger partial charge in [-0.25, -0.2) is 0 Å². The molecule has 0 bridgehead atoms. The van der Waals surface area contributed by atoms with Crippen molar-refractivity contribution >= 4 is 5.91 Å². The molecule has 1 atom stereocenters. The summed E-state index contributed by atoms with van der Waals surface area (Å²) >= 11 is 0. The second-order valence-electron chi connectivity index (χ2n) is 14.4. The van der Waals surface area contributed by atoms with Crippen molar-refractivity contribution in [1.82, 2.24) is 9.80 Å². The van der Waals surface area contributed by atoms with Crippen LogP contribution in [-0.4, -0.2) is 49.4 Å². The fraction of sp³-hybridized carbons (Fsp3) is 0.881. The number of nitrogens with zero attached hydrogens (tertiary/aromatic N) is 2. The van der Waals surface area contributed by atoms with Crippen LogP contribution in [0, 0.1) is 5.92 Å². The molecule has 0 N–H and O–H groups in total. The van der Waals surface area contributed by atoms with Crippen LogP contribution in [0.5, 0.6) is 0 Å². The Morgan fingerprint density at radius 3 is 1.07 bits per heavy atom. The largest absolute Gasteiger partial charge is 0.342 e. The highest BCUT2D eigenvalue weighted by Gasteiger charge is 2.20. The van der Waals surface area contributed by atoms with E-state index in [-0.39, 0.29) is 5.92 Å². The van der Waals surface area contributed by atoms with Crippen molar-refractivity contribution in [3.05, 3.63) is 24.3 Å². The van der Waals surface area contributed by atoms with E-state index in [9.17, 15) is 4.79 Å². The van der Waals surface area contributed by atoms with Crippen LogP contribution in [0.3, 0.4) is 0 Å². The van der Waals surface area contributed by atoms with E-state index in [0.717, 1.165) is 32.5 Å². The van der Waals surface area contributed by atoms with E-state index >= 15 is 0 Å². The van der Waals surface area contributed by atoms with E-state index in [1.807, 2.05) is 0 Å². The Morgan fingerprint density at radius 1 is 0.467 bits per heavy atom. The molecule has 266 valence electrons. The average Bonchev–Trinajstić information content (AvgIpc) is 3.02. The Balaban J connectivity index is 3.96. The van der Waals surface area contributed by atoms with Crippen molar-refractivity contribution in [3.8, 4) is 0 Å². The third-order valence-electron chi connectivity index (χ3n) is 9.25. The van der Waals surface area contributed by atoms with E-state index < -0.39 is 0 Å². The van der Waals surface area contributed by atoms with Gasteiger partial charge in [-0.15, -0.1) is 0 Å². The molecule has 0 saturated carbocycles. The number of rotatable bonds is 35. The molecule has 0 aromatic carbocycles. The zero-order valence-electron chi connectivity index (χ0n) is 31.6. The summed E-state index contributed by atoms with van der Waals surface area (Å²) in [7, 11) is 4.15. The van der Waals surface area contributed by atoms with Crippen LogP contribution >= 0.6 is 0 Å². The lowest BCUT2D eigenvalue weighted by molar-refractivity contribution is -0.135. The summed E-state index contributed by atoms with van der Waals surface area (Å²) in [5.41, 5.74) is 0. The van der Waals surface area contributed by atoms with Gasteiger partial charge in [-0.05, 0) is 78.3 Å². The Morgan fingerprint density at radius 2 is 0.756 bits per heavy atom. The quantitative estimate of drug-likeness (QED) is 0.0514. The molecule has 0 spiro atoms. The molecule has 0 aliphatic heterocycles. The maximum atomic E-state index is 13.2. The van der Waals surface area contributed by atoms with E-state index in [0.29, 0.717) is 5.91 Å². The van der Waals surface area contributed by atoms with Gasteiger partial charge in [0.1, 0.15) is 0 Å². The molecule has 0 saturated heterocycles. The predicted octanol–water partition coefficient (Wildman–Crippen LogP) is 13.1. The van der Waals surface area contributed by atoms with Gasteiger partial charge < -0.3 is 9.80 Å². The van der Waals surface area contributed by atoms with Gasteiger partial charge in [0.15, 0.2) is 0 Å². The molecule has 0 aromatic rings. The van der Waals surface area contributed by atoms with Gasteiger partial charge in [0.25, 0.3) is 0 Å². The highest BCUT2D eigenvalue weighted by Crippen LogP contribution is 2.14. The van der Waals surface area contributed by atoms with Gasteiger partial charge in [0.2, 0.25) is 5.91 Å². The Hall–Kier alpha value is -1.09. The lowest BCUT2D eigenvalue weighted by Gasteiger charge is -2.27. The maximum Gasteiger partial charge on any atom is 0.226 e. The smallest absolute Gasteiger partial charge is 0.226 e. The molecule has 0 aliphatic rings. The summed E-state index contributed by atoms with van der Waals surface area (Å²) in [6.45, 7) is 9.42. The highest BCUT2D eigenvalue weighted by molar-refractivity contribution is 5.78. The summed E-state index contributed by atoms with van der Waals surface area (Å²) < 4.78 is 0. The molecule has 0 radical (unpaired) electrons. The van der Waals surface area contributed by atoms with Gasteiger partial charge >= 0.3 is 0 Å². The molecule has 0 rings (SSSR count). The van der Waals surface area contributed by atoms with Crippen molar-refractivity contribution in [3.63, 3.8) is 0 Å². The number of hydrogen-bond donors (Lipinski definition) is 0. The summed E-state index contributed by atoms with van der Waals surface area (Å²) in [6.07, 6.45) is 46.9. The second-order valence-corrected chi connectivity index (χ2v) is 14.4. The molecular weight excluding hydrogens is 548 g/mol. The molecule has 1 unspecified atom stereocenters. The first-order valence-corrected chi connectivity index (χ1v) is 20.3. The Labute approximate surface area is 284 Å². The molecule has 3 heteroatoms. The van der Waals surface area contributed by atoms with Crippen LogP contribution < -0.4 is 0 Å². The zero-order chi connectivity index (χ0) is 33.1. The lowest BCUT2D eigenvalue weighted by atomic mass is 10.1. The Kier molecular flexibility index (Phi) is 34.9. The van der Waals surface area contributed by atoms with Crippen LogP contribution in [0.25, 0.3) is 0 Å². The number of amides is 1. The SMILES string of the molecule is CCCCCCCC/C=C\CCCCCCCCN(CCCCCCCC/C=C\CCCCCCCC)C(=O)C(C)CN(C)C. The van der Waals surface area contributed by atoms with Gasteiger partial charge in [0, 0.05) is 25.6 Å². The zero-order valence-corrected chi connectivity index (χ0v) is 31.6. The molecule has 0 aliphatic carbocycles. The number of unbranched alkanes of at least 4 members (excludes halogenated alkanes) is 24. The topological polar surface area (TPSA) is 23.6 Å². The molecular formula is C42H82N2O. The van der Waals surface area contributed by atoms with Crippen molar-refractivity contribution in [2.45, 2.75) is 201 Å². The van der Waals surface area contributed by atoms with Gasteiger partial charge in [-0.2, -0.15) is 0 Å². The van der Waals surface area contributed by atoms with Crippen LogP contribution in [0.4, 0.5) is 0 Å². The minimum Gasteiger partial charge on any atom is -0.342 e. The van der Waals surface area contributed by atoms with Crippen molar-refractivity contribution in [2.75, 3.05) is 33.7 Å². The van der Waals surface area contributed by atoms with E-state index in [1.54, 1.807) is 0 Å². The average molecular weight is 631 g/mol. The second kappa shape index (κ2) is 35.8. The number of carbonyl (C=O) groups excluding carboxylic acids is 1. The van der Waals surface area contributed by atoms with Gasteiger partial charge in [-0.1, -0.05) is 161 Å². The van der Waals surface area contributed by atoms with Gasteiger partial charge in [0.05, 0.1) is 0 Å². The first kappa shape index (κ1) is 43.9. The first-order chi connectivity index (χ1) is 22.0. The number of carbonyl (C=O) groups is 1. The Bertz CT molecular complexity index is 613. The fourth-order valence-corrected chi connectivity index (χ4v) is 6.37. The minimum atomic E-state index is 0.0863. The third kappa shape index (κ3) is 32.6. The van der Waals surface area contributed by atoms with E-state index in [2.05, 4.69) is 69.0 Å². The monoisotopic (exact) mass is 631 g/mol. The maximum absolute atomic E-state index is 13.2. The fourth-order valence-electron chi connectivity index (χ4n) is 6.37. The van der Waals surface area contributed by atoms with E-state index in [1.165, 1.54) is 167 Å². The molecule has 0 heterocycles. The van der Waals surface area contributed by atoms with Crippen LogP contribution in [0.2, 0.25) is 0 Å². The van der Waals surface area contributed by atoms with Crippen LogP contribution in [0.15, 0.2) is 24.3 Å². The molecule has 0 aromatic heterocycles. The van der Waals surface area contributed by atoms with Crippen LogP contribution in [0.1, 0.15) is 201 Å². The summed E-state index contributed by atoms with van der Waals surface area (Å²) in [5, 5.41) is 0. The van der Waals surface area contributed by atoms with Crippen molar-refractivity contribution in [1.29, 1.82) is 0 Å². The van der Waals surface area contributed by atoms with E-state index in [4.69, 9.17) is 0 Å². The van der Waals surface area contributed by atoms with Crippen LogP contribution in [-0.2, 0) is 4.79 Å². The summed E-state index contributed by atoms with van der Waals surface area (Å²) in [4.78, 5) is 17.6. The molecule has 3 nitrogen and oxygen atoms in total. The molecule has 0 fully saturated rings. The molecule has 45 heavy (non-hydrogen) atoms. The van der Waals surface area contributed by atoms with Crippen molar-refractivity contribution < 1.29 is 4.79 Å². The minimum absolute atomic E-state index is 0.0863. The highest BCUT2D eigenvalue weighted by atomic mass is 16.2. The summed E-state index contributed by atoms with van der Waals surface area (Å²) in [6, 6.07) is 0. The number of hydrogen-bond acceptors (Lipinski definition) is 2. The van der Waals surface area contributed by atoms with Gasteiger partial charge in [-0.3, -0.25) is 4.79 Å². The lowest BCUT2D eigenvalue weighted by Crippen LogP contribution is -2.40. The third-order valence-corrected chi connectivity index (χ3v) is 9.25. The first-order valence-electron chi connectivity index (χ1n) is 20.3. The predicted molar refractivity (Wildman–Crippen MR) is 203 cm³/mol. The number of allylic oxidation sites excluding steroid dienone is 4. The normalized spacial score (nSPS) is 12.7. The standard InChI is InChI=1S/C42H82N2O/c1-6-8-10-12-14-16-18-20-22-24-26-28-30-32-34-36-38-44(42(45)41(3)40-43(4)5)39-37-35-33-31-29-27-25-23-21-19-17-15-13-11-9-7-2/h20-23,41H,6-19,24-40H2,1-5H3/b22-20-,23-21-. The summed E-state index contributed by atoms with van der Waals surface area (Å²) in [5.74, 6) is 0.451.